The zero-order valence-electron chi connectivity index (χ0n) is 15.6. The van der Waals surface area contributed by atoms with Crippen LogP contribution in [0.25, 0.3) is 0 Å². The molecule has 0 saturated carbocycles. The van der Waals surface area contributed by atoms with Gasteiger partial charge in [0.05, 0.1) is 23.0 Å². The Kier molecular flexibility index (Phi) is 5.01. The van der Waals surface area contributed by atoms with Crippen LogP contribution in [0.3, 0.4) is 0 Å². The summed E-state index contributed by atoms with van der Waals surface area (Å²) < 4.78 is 37.3. The van der Waals surface area contributed by atoms with Gasteiger partial charge < -0.3 is 14.6 Å². The van der Waals surface area contributed by atoms with Crippen LogP contribution in [0.15, 0.2) is 40.1 Å². The average Bonchev–Trinajstić information content (AvgIpc) is 2.63. The van der Waals surface area contributed by atoms with Gasteiger partial charge in [-0.25, -0.2) is 13.2 Å². The number of hydrogen-bond acceptors (Lipinski definition) is 6. The SMILES string of the molecule is COc1c(C(O)C(C)C)ccc2c1C(=O)OCc1cc(C)ccc1S2(=O)=O. The number of sulfone groups is 1. The van der Waals surface area contributed by atoms with Gasteiger partial charge in [0.1, 0.15) is 17.9 Å². The number of benzene rings is 2. The maximum absolute atomic E-state index is 13.3. The third kappa shape index (κ3) is 3.21. The van der Waals surface area contributed by atoms with E-state index in [0.29, 0.717) is 11.1 Å². The lowest BCUT2D eigenvalue weighted by atomic mass is 9.96. The predicted octanol–water partition coefficient (Wildman–Crippen LogP) is 3.20. The number of ether oxygens (including phenoxy) is 2. The van der Waals surface area contributed by atoms with Gasteiger partial charge >= 0.3 is 5.97 Å². The molecule has 2 aromatic carbocycles. The van der Waals surface area contributed by atoms with Crippen molar-refractivity contribution in [2.24, 2.45) is 5.92 Å². The molecule has 2 aromatic rings. The fourth-order valence-corrected chi connectivity index (χ4v) is 4.87. The minimum atomic E-state index is -3.97. The highest BCUT2D eigenvalue weighted by molar-refractivity contribution is 7.91. The van der Waals surface area contributed by atoms with Gasteiger partial charge in [0.15, 0.2) is 0 Å². The van der Waals surface area contributed by atoms with E-state index in [1.807, 2.05) is 20.8 Å². The smallest absolute Gasteiger partial charge is 0.343 e. The molecule has 1 unspecified atom stereocenters. The summed E-state index contributed by atoms with van der Waals surface area (Å²) in [7, 11) is -2.63. The van der Waals surface area contributed by atoms with Crippen LogP contribution in [0.1, 0.15) is 47.0 Å². The lowest BCUT2D eigenvalue weighted by Gasteiger charge is -2.23. The van der Waals surface area contributed by atoms with Gasteiger partial charge in [-0.1, -0.05) is 37.6 Å². The first-order valence-corrected chi connectivity index (χ1v) is 10.1. The van der Waals surface area contributed by atoms with Crippen LogP contribution < -0.4 is 4.74 Å². The van der Waals surface area contributed by atoms with Crippen LogP contribution in [0.2, 0.25) is 0 Å². The number of carbonyl (C=O) groups is 1. The minimum Gasteiger partial charge on any atom is -0.495 e. The summed E-state index contributed by atoms with van der Waals surface area (Å²) in [5, 5.41) is 10.5. The summed E-state index contributed by atoms with van der Waals surface area (Å²) in [5.74, 6) is -0.921. The second kappa shape index (κ2) is 6.98. The molecular formula is C20H22O6S. The summed E-state index contributed by atoms with van der Waals surface area (Å²) in [6.45, 7) is 5.31. The molecule has 27 heavy (non-hydrogen) atoms. The minimum absolute atomic E-state index is 0.0258. The zero-order valence-corrected chi connectivity index (χ0v) is 16.5. The number of carbonyl (C=O) groups excluding carboxylic acids is 1. The summed E-state index contributed by atoms with van der Waals surface area (Å²) in [4.78, 5) is 12.6. The number of aliphatic hydroxyl groups excluding tert-OH is 1. The molecule has 1 aliphatic rings. The van der Waals surface area contributed by atoms with Crippen molar-refractivity contribution >= 4 is 15.8 Å². The first-order valence-electron chi connectivity index (χ1n) is 8.59. The van der Waals surface area contributed by atoms with Crippen LogP contribution in [0, 0.1) is 12.8 Å². The first kappa shape index (κ1) is 19.4. The van der Waals surface area contributed by atoms with Crippen molar-refractivity contribution in [2.75, 3.05) is 7.11 Å². The Bertz CT molecular complexity index is 1010. The Morgan fingerprint density at radius 3 is 2.44 bits per heavy atom. The third-order valence-electron chi connectivity index (χ3n) is 4.66. The topological polar surface area (TPSA) is 89.9 Å². The molecule has 0 bridgehead atoms. The molecule has 0 amide bonds. The molecule has 0 radical (unpaired) electrons. The number of aliphatic hydroxyl groups is 1. The fourth-order valence-electron chi connectivity index (χ4n) is 3.23. The van der Waals surface area contributed by atoms with Crippen molar-refractivity contribution in [2.45, 2.75) is 43.3 Å². The molecule has 7 heteroatoms. The van der Waals surface area contributed by atoms with Crippen molar-refractivity contribution in [3.8, 4) is 5.75 Å². The predicted molar refractivity (Wildman–Crippen MR) is 98.5 cm³/mol. The van der Waals surface area contributed by atoms with Crippen molar-refractivity contribution in [1.29, 1.82) is 0 Å². The molecule has 144 valence electrons. The molecular weight excluding hydrogens is 368 g/mol. The molecule has 1 N–H and O–H groups in total. The molecule has 0 spiro atoms. The summed E-state index contributed by atoms with van der Waals surface area (Å²) >= 11 is 0. The number of cyclic esters (lactones) is 1. The molecule has 6 nitrogen and oxygen atoms in total. The van der Waals surface area contributed by atoms with Crippen molar-refractivity contribution in [3.05, 3.63) is 52.6 Å². The molecule has 1 aliphatic heterocycles. The first-order chi connectivity index (χ1) is 12.7. The molecule has 3 rings (SSSR count). The lowest BCUT2D eigenvalue weighted by Crippen LogP contribution is -2.20. The molecule has 0 aliphatic carbocycles. The van der Waals surface area contributed by atoms with Gasteiger partial charge in [0.25, 0.3) is 0 Å². The van der Waals surface area contributed by atoms with E-state index in [4.69, 9.17) is 9.47 Å². The van der Waals surface area contributed by atoms with Crippen molar-refractivity contribution in [3.63, 3.8) is 0 Å². The van der Waals surface area contributed by atoms with Gasteiger partial charge in [-0.3, -0.25) is 0 Å². The number of fused-ring (bicyclic) bond motifs is 2. The zero-order chi connectivity index (χ0) is 19.9. The van der Waals surface area contributed by atoms with Gasteiger partial charge in [-0.2, -0.15) is 0 Å². The van der Waals surface area contributed by atoms with E-state index in [9.17, 15) is 18.3 Å². The van der Waals surface area contributed by atoms with E-state index in [0.717, 1.165) is 5.56 Å². The second-order valence-electron chi connectivity index (χ2n) is 6.94. The Morgan fingerprint density at radius 2 is 1.81 bits per heavy atom. The molecule has 1 atom stereocenters. The van der Waals surface area contributed by atoms with E-state index >= 15 is 0 Å². The second-order valence-corrected chi connectivity index (χ2v) is 8.83. The fraction of sp³-hybridized carbons (Fsp3) is 0.350. The van der Waals surface area contributed by atoms with Gasteiger partial charge in [-0.15, -0.1) is 0 Å². The standard InChI is InChI=1S/C20H22O6S/c1-11(2)18(21)14-6-8-16-17(19(14)25-4)20(22)26-10-13-9-12(3)5-7-15(13)27(16,23)24/h5-9,11,18,21H,10H2,1-4H3. The van der Waals surface area contributed by atoms with Gasteiger partial charge in [-0.05, 0) is 25.0 Å². The van der Waals surface area contributed by atoms with Crippen LogP contribution in [-0.4, -0.2) is 26.6 Å². The number of methoxy groups -OCH3 is 1. The largest absolute Gasteiger partial charge is 0.495 e. The highest BCUT2D eigenvalue weighted by Crippen LogP contribution is 2.40. The van der Waals surface area contributed by atoms with E-state index < -0.39 is 21.9 Å². The van der Waals surface area contributed by atoms with E-state index in [-0.39, 0.29) is 33.6 Å². The van der Waals surface area contributed by atoms with Crippen LogP contribution >= 0.6 is 0 Å². The number of rotatable bonds is 3. The Labute approximate surface area is 158 Å². The van der Waals surface area contributed by atoms with E-state index in [1.165, 1.54) is 25.3 Å². The van der Waals surface area contributed by atoms with Crippen molar-refractivity contribution < 1.29 is 27.8 Å². The van der Waals surface area contributed by atoms with Crippen LogP contribution in [0.5, 0.6) is 5.75 Å². The number of aryl methyl sites for hydroxylation is 1. The summed E-state index contributed by atoms with van der Waals surface area (Å²) in [6, 6.07) is 7.74. The maximum atomic E-state index is 13.3. The summed E-state index contributed by atoms with van der Waals surface area (Å²) in [6.07, 6.45) is -0.916. The van der Waals surface area contributed by atoms with Crippen molar-refractivity contribution in [1.82, 2.24) is 0 Å². The Morgan fingerprint density at radius 1 is 1.15 bits per heavy atom. The van der Waals surface area contributed by atoms with Gasteiger partial charge in [0.2, 0.25) is 9.84 Å². The Balaban J connectivity index is 2.34. The highest BCUT2D eigenvalue weighted by Gasteiger charge is 2.35. The molecule has 0 fully saturated rings. The number of hydrogen-bond donors (Lipinski definition) is 1. The molecule has 1 heterocycles. The average molecular weight is 390 g/mol. The van der Waals surface area contributed by atoms with Crippen LogP contribution in [-0.2, 0) is 21.2 Å². The monoisotopic (exact) mass is 390 g/mol. The number of esters is 1. The summed E-state index contributed by atoms with van der Waals surface area (Å²) in [5.41, 5.74) is 1.47. The third-order valence-corrected chi connectivity index (χ3v) is 6.56. The lowest BCUT2D eigenvalue weighted by molar-refractivity contribution is 0.0457. The Hall–Kier alpha value is -2.38. The van der Waals surface area contributed by atoms with E-state index in [2.05, 4.69) is 0 Å². The highest BCUT2D eigenvalue weighted by atomic mass is 32.2. The quantitative estimate of drug-likeness (QED) is 0.810. The van der Waals surface area contributed by atoms with Gasteiger partial charge in [0, 0.05) is 11.1 Å². The van der Waals surface area contributed by atoms with Crippen LogP contribution in [0.4, 0.5) is 0 Å². The maximum Gasteiger partial charge on any atom is 0.343 e. The molecule has 0 saturated heterocycles. The normalized spacial score (nSPS) is 16.6. The molecule has 0 aromatic heterocycles. The van der Waals surface area contributed by atoms with E-state index in [1.54, 1.807) is 12.1 Å².